The lowest BCUT2D eigenvalue weighted by molar-refractivity contribution is -0.129. The number of hydrogen-bond acceptors (Lipinski definition) is 2. The third-order valence-electron chi connectivity index (χ3n) is 4.25. The van der Waals surface area contributed by atoms with Gasteiger partial charge < -0.3 is 10.2 Å². The minimum Gasteiger partial charge on any atom is -0.342 e. The van der Waals surface area contributed by atoms with Crippen molar-refractivity contribution >= 4 is 29.1 Å². The van der Waals surface area contributed by atoms with Gasteiger partial charge >= 0.3 is 0 Å². The van der Waals surface area contributed by atoms with Crippen LogP contribution in [0.4, 0.5) is 5.69 Å². The van der Waals surface area contributed by atoms with Crippen LogP contribution in [0.2, 0.25) is 5.02 Å². The second-order valence-electron chi connectivity index (χ2n) is 6.36. The predicted octanol–water partition coefficient (Wildman–Crippen LogP) is 4.46. The average molecular weight is 373 g/mol. The van der Waals surface area contributed by atoms with E-state index in [9.17, 15) is 9.59 Å². The molecule has 0 unspecified atom stereocenters. The molecule has 0 radical (unpaired) electrons. The molecule has 2 rings (SSSR count). The van der Waals surface area contributed by atoms with E-state index < -0.39 is 0 Å². The van der Waals surface area contributed by atoms with Gasteiger partial charge in [-0.15, -0.1) is 0 Å². The molecule has 0 saturated heterocycles. The Hall–Kier alpha value is -2.33. The van der Waals surface area contributed by atoms with Crippen LogP contribution in [-0.4, -0.2) is 29.8 Å². The molecule has 0 bridgehead atoms. The molecule has 138 valence electrons. The number of anilines is 1. The first kappa shape index (κ1) is 20.0. The molecule has 0 fully saturated rings. The Morgan fingerprint density at radius 1 is 1.08 bits per heavy atom. The van der Waals surface area contributed by atoms with Crippen molar-refractivity contribution in [3.05, 3.63) is 64.7 Å². The van der Waals surface area contributed by atoms with Gasteiger partial charge in [0, 0.05) is 37.1 Å². The molecule has 0 saturated carbocycles. The first-order valence-corrected chi connectivity index (χ1v) is 9.19. The molecule has 0 aromatic heterocycles. The summed E-state index contributed by atoms with van der Waals surface area (Å²) in [5.74, 6) is -0.136. The maximum Gasteiger partial charge on any atom is 0.226 e. The van der Waals surface area contributed by atoms with Crippen LogP contribution in [0.3, 0.4) is 0 Å². The van der Waals surface area contributed by atoms with Gasteiger partial charge in [0.2, 0.25) is 11.8 Å². The van der Waals surface area contributed by atoms with Crippen LogP contribution in [0, 0.1) is 6.92 Å². The molecule has 0 heterocycles. The van der Waals surface area contributed by atoms with Gasteiger partial charge in [0.1, 0.15) is 0 Å². The molecule has 0 atom stereocenters. The SMILES string of the molecule is CC(=O)N(CCCc1ccccc1)CCC(=O)Nc1ccc(C)c(Cl)c1. The van der Waals surface area contributed by atoms with Crippen molar-refractivity contribution in [1.82, 2.24) is 4.90 Å². The number of carbonyl (C=O) groups is 2. The monoisotopic (exact) mass is 372 g/mol. The van der Waals surface area contributed by atoms with Crippen molar-refractivity contribution in [3.63, 3.8) is 0 Å². The molecule has 26 heavy (non-hydrogen) atoms. The third-order valence-corrected chi connectivity index (χ3v) is 4.65. The van der Waals surface area contributed by atoms with Crippen LogP contribution in [0.5, 0.6) is 0 Å². The number of carbonyl (C=O) groups excluding carboxylic acids is 2. The molecule has 0 spiro atoms. The van der Waals surface area contributed by atoms with E-state index in [0.29, 0.717) is 23.8 Å². The second-order valence-corrected chi connectivity index (χ2v) is 6.76. The smallest absolute Gasteiger partial charge is 0.226 e. The summed E-state index contributed by atoms with van der Waals surface area (Å²) >= 11 is 6.07. The zero-order valence-corrected chi connectivity index (χ0v) is 16.1. The highest BCUT2D eigenvalue weighted by atomic mass is 35.5. The number of benzene rings is 2. The molecule has 2 aromatic rings. The van der Waals surface area contributed by atoms with Gasteiger partial charge in [-0.25, -0.2) is 0 Å². The zero-order chi connectivity index (χ0) is 18.9. The number of hydrogen-bond donors (Lipinski definition) is 1. The van der Waals surface area contributed by atoms with Gasteiger partial charge in [0.05, 0.1) is 0 Å². The summed E-state index contributed by atoms with van der Waals surface area (Å²) in [7, 11) is 0. The number of aryl methyl sites for hydroxylation is 2. The summed E-state index contributed by atoms with van der Waals surface area (Å²) in [5, 5.41) is 3.44. The number of nitrogens with one attached hydrogen (secondary N) is 1. The number of halogens is 1. The fourth-order valence-electron chi connectivity index (χ4n) is 2.68. The van der Waals surface area contributed by atoms with E-state index in [1.54, 1.807) is 17.9 Å². The summed E-state index contributed by atoms with van der Waals surface area (Å²) in [6.45, 7) is 4.51. The Balaban J connectivity index is 1.78. The quantitative estimate of drug-likeness (QED) is 0.743. The van der Waals surface area contributed by atoms with E-state index in [1.807, 2.05) is 37.3 Å². The molecule has 2 aromatic carbocycles. The molecule has 0 aliphatic heterocycles. The Labute approximate surface area is 160 Å². The maximum absolute atomic E-state index is 12.1. The Bertz CT molecular complexity index is 747. The van der Waals surface area contributed by atoms with Crippen molar-refractivity contribution in [2.45, 2.75) is 33.1 Å². The van der Waals surface area contributed by atoms with Crippen LogP contribution >= 0.6 is 11.6 Å². The van der Waals surface area contributed by atoms with E-state index in [-0.39, 0.29) is 18.2 Å². The molecule has 2 amide bonds. The van der Waals surface area contributed by atoms with Gasteiger partial charge in [0.15, 0.2) is 0 Å². The maximum atomic E-state index is 12.1. The molecule has 0 aliphatic rings. The van der Waals surface area contributed by atoms with E-state index in [0.717, 1.165) is 18.4 Å². The highest BCUT2D eigenvalue weighted by Crippen LogP contribution is 2.20. The van der Waals surface area contributed by atoms with E-state index in [1.165, 1.54) is 5.56 Å². The summed E-state index contributed by atoms with van der Waals surface area (Å²) in [6, 6.07) is 15.6. The number of amides is 2. The molecule has 5 heteroatoms. The lowest BCUT2D eigenvalue weighted by Gasteiger charge is -2.21. The van der Waals surface area contributed by atoms with E-state index >= 15 is 0 Å². The highest BCUT2D eigenvalue weighted by Gasteiger charge is 2.11. The summed E-state index contributed by atoms with van der Waals surface area (Å²) in [4.78, 5) is 25.7. The average Bonchev–Trinajstić information content (AvgIpc) is 2.61. The molecule has 1 N–H and O–H groups in total. The first-order chi connectivity index (χ1) is 12.5. The normalized spacial score (nSPS) is 10.4. The van der Waals surface area contributed by atoms with Gasteiger partial charge in [-0.3, -0.25) is 9.59 Å². The number of nitrogens with zero attached hydrogens (tertiary/aromatic N) is 1. The molecule has 4 nitrogen and oxygen atoms in total. The summed E-state index contributed by atoms with van der Waals surface area (Å²) < 4.78 is 0. The lowest BCUT2D eigenvalue weighted by atomic mass is 10.1. The molecular weight excluding hydrogens is 348 g/mol. The van der Waals surface area contributed by atoms with Gasteiger partial charge in [-0.2, -0.15) is 0 Å². The van der Waals surface area contributed by atoms with Crippen molar-refractivity contribution in [2.24, 2.45) is 0 Å². The van der Waals surface area contributed by atoms with Crippen LogP contribution in [0.1, 0.15) is 30.9 Å². The van der Waals surface area contributed by atoms with Gasteiger partial charge in [-0.05, 0) is 43.0 Å². The molecule has 0 aliphatic carbocycles. The first-order valence-electron chi connectivity index (χ1n) is 8.81. The van der Waals surface area contributed by atoms with Crippen molar-refractivity contribution in [3.8, 4) is 0 Å². The van der Waals surface area contributed by atoms with Crippen LogP contribution in [0.15, 0.2) is 48.5 Å². The van der Waals surface area contributed by atoms with Crippen molar-refractivity contribution in [2.75, 3.05) is 18.4 Å². The van der Waals surface area contributed by atoms with Crippen molar-refractivity contribution < 1.29 is 9.59 Å². The minimum absolute atomic E-state index is 0.00996. The highest BCUT2D eigenvalue weighted by molar-refractivity contribution is 6.31. The number of rotatable bonds is 8. The Kier molecular flexibility index (Phi) is 7.67. The van der Waals surface area contributed by atoms with E-state index in [4.69, 9.17) is 11.6 Å². The Morgan fingerprint density at radius 2 is 1.81 bits per heavy atom. The lowest BCUT2D eigenvalue weighted by Crippen LogP contribution is -2.33. The standard InChI is InChI=1S/C21H25ClN2O2/c1-16-10-11-19(15-20(16)22)23-21(26)12-14-24(17(2)25)13-6-9-18-7-4-3-5-8-18/h3-5,7-8,10-11,15H,6,9,12-14H2,1-2H3,(H,23,26). The second kappa shape index (κ2) is 9.97. The van der Waals surface area contributed by atoms with Gasteiger partial charge in [-0.1, -0.05) is 48.0 Å². The topological polar surface area (TPSA) is 49.4 Å². The largest absolute Gasteiger partial charge is 0.342 e. The van der Waals surface area contributed by atoms with Gasteiger partial charge in [0.25, 0.3) is 0 Å². The summed E-state index contributed by atoms with van der Waals surface area (Å²) in [5.41, 5.74) is 2.89. The van der Waals surface area contributed by atoms with Crippen LogP contribution < -0.4 is 5.32 Å². The third kappa shape index (κ3) is 6.52. The van der Waals surface area contributed by atoms with Crippen LogP contribution in [-0.2, 0) is 16.0 Å². The van der Waals surface area contributed by atoms with E-state index in [2.05, 4.69) is 17.4 Å². The molecular formula is C21H25ClN2O2. The Morgan fingerprint density at radius 3 is 2.46 bits per heavy atom. The zero-order valence-electron chi connectivity index (χ0n) is 15.3. The summed E-state index contributed by atoms with van der Waals surface area (Å²) in [6.07, 6.45) is 2.05. The van der Waals surface area contributed by atoms with Crippen molar-refractivity contribution in [1.29, 1.82) is 0 Å². The fourth-order valence-corrected chi connectivity index (χ4v) is 2.86. The van der Waals surface area contributed by atoms with Crippen LogP contribution in [0.25, 0.3) is 0 Å². The fraction of sp³-hybridized carbons (Fsp3) is 0.333. The minimum atomic E-state index is -0.126. The predicted molar refractivity (Wildman–Crippen MR) is 106 cm³/mol.